The van der Waals surface area contributed by atoms with Crippen LogP contribution in [0.5, 0.6) is 0 Å². The van der Waals surface area contributed by atoms with Crippen molar-refractivity contribution >= 4 is 0 Å². The summed E-state index contributed by atoms with van der Waals surface area (Å²) in [5.41, 5.74) is 0.582. The van der Waals surface area contributed by atoms with E-state index in [1.54, 1.807) is 0 Å². The molecule has 2 aliphatic rings. The normalized spacial score (nSPS) is 26.6. The topological polar surface area (TPSA) is 15.3 Å². The Morgan fingerprint density at radius 3 is 2.57 bits per heavy atom. The average Bonchev–Trinajstić information content (AvgIpc) is 2.90. The number of hydrogen-bond donors (Lipinski definition) is 1. The summed E-state index contributed by atoms with van der Waals surface area (Å²) in [6, 6.07) is 0.881. The third-order valence-electron chi connectivity index (χ3n) is 5.63. The van der Waals surface area contributed by atoms with Gasteiger partial charge in [0.05, 0.1) is 0 Å². The van der Waals surface area contributed by atoms with E-state index in [1.807, 2.05) is 0 Å². The molecule has 2 fully saturated rings. The SMILES string of the molecule is CCCC1CCCCN1CC1(CNCC(C)C)CCCC1. The molecule has 124 valence electrons. The van der Waals surface area contributed by atoms with Crippen LogP contribution in [0, 0.1) is 11.3 Å². The summed E-state index contributed by atoms with van der Waals surface area (Å²) in [7, 11) is 0. The standard InChI is InChI=1S/C19H38N2/c1-4-9-18-10-5-8-13-21(18)16-19(11-6-7-12-19)15-20-14-17(2)3/h17-18,20H,4-16H2,1-3H3. The fourth-order valence-corrected chi connectivity index (χ4v) is 4.50. The molecule has 0 amide bonds. The first-order valence-electron chi connectivity index (χ1n) is 9.60. The summed E-state index contributed by atoms with van der Waals surface area (Å²) in [5, 5.41) is 3.78. The number of nitrogens with one attached hydrogen (secondary N) is 1. The Morgan fingerprint density at radius 2 is 1.90 bits per heavy atom. The monoisotopic (exact) mass is 294 g/mol. The van der Waals surface area contributed by atoms with Crippen LogP contribution in [-0.2, 0) is 0 Å². The van der Waals surface area contributed by atoms with E-state index in [0.29, 0.717) is 5.41 Å². The van der Waals surface area contributed by atoms with Crippen molar-refractivity contribution in [3.8, 4) is 0 Å². The molecule has 1 saturated heterocycles. The van der Waals surface area contributed by atoms with E-state index in [-0.39, 0.29) is 0 Å². The van der Waals surface area contributed by atoms with Gasteiger partial charge in [-0.1, -0.05) is 46.5 Å². The van der Waals surface area contributed by atoms with Gasteiger partial charge in [0.1, 0.15) is 0 Å². The van der Waals surface area contributed by atoms with E-state index in [2.05, 4.69) is 31.0 Å². The van der Waals surface area contributed by atoms with E-state index in [0.717, 1.165) is 12.0 Å². The summed E-state index contributed by atoms with van der Waals surface area (Å²) in [6.07, 6.45) is 12.9. The van der Waals surface area contributed by atoms with Crippen molar-refractivity contribution in [1.29, 1.82) is 0 Å². The molecular formula is C19H38N2. The lowest BCUT2D eigenvalue weighted by atomic mass is 9.83. The fourth-order valence-electron chi connectivity index (χ4n) is 4.50. The Hall–Kier alpha value is -0.0800. The van der Waals surface area contributed by atoms with Gasteiger partial charge < -0.3 is 5.32 Å². The minimum Gasteiger partial charge on any atom is -0.316 e. The van der Waals surface area contributed by atoms with E-state index in [4.69, 9.17) is 0 Å². The molecule has 2 heteroatoms. The molecule has 1 aliphatic heterocycles. The Bertz CT molecular complexity index is 279. The quantitative estimate of drug-likeness (QED) is 0.711. The van der Waals surface area contributed by atoms with Crippen molar-refractivity contribution in [3.05, 3.63) is 0 Å². The molecule has 0 spiro atoms. The Kier molecular flexibility index (Phi) is 7.01. The molecule has 1 heterocycles. The maximum atomic E-state index is 3.78. The first-order valence-corrected chi connectivity index (χ1v) is 9.60. The summed E-state index contributed by atoms with van der Waals surface area (Å²) in [6.45, 7) is 12.1. The predicted octanol–water partition coefficient (Wildman–Crippen LogP) is 4.45. The van der Waals surface area contributed by atoms with Gasteiger partial charge in [-0.3, -0.25) is 4.90 Å². The lowest BCUT2D eigenvalue weighted by Crippen LogP contribution is -2.48. The van der Waals surface area contributed by atoms with Gasteiger partial charge in [0.15, 0.2) is 0 Å². The number of hydrogen-bond acceptors (Lipinski definition) is 2. The Morgan fingerprint density at radius 1 is 1.14 bits per heavy atom. The van der Waals surface area contributed by atoms with Crippen molar-refractivity contribution in [2.45, 2.75) is 84.6 Å². The maximum absolute atomic E-state index is 3.78. The van der Waals surface area contributed by atoms with Gasteiger partial charge in [-0.2, -0.15) is 0 Å². The zero-order valence-electron chi connectivity index (χ0n) is 14.8. The number of rotatable bonds is 8. The first kappa shape index (κ1) is 17.3. The van der Waals surface area contributed by atoms with Crippen LogP contribution in [0.15, 0.2) is 0 Å². The second-order valence-electron chi connectivity index (χ2n) is 8.14. The average molecular weight is 295 g/mol. The van der Waals surface area contributed by atoms with E-state index >= 15 is 0 Å². The lowest BCUT2D eigenvalue weighted by Gasteiger charge is -2.42. The van der Waals surface area contributed by atoms with E-state index < -0.39 is 0 Å². The molecule has 2 rings (SSSR count). The number of piperidine rings is 1. The van der Waals surface area contributed by atoms with Gasteiger partial charge in [-0.15, -0.1) is 0 Å². The highest BCUT2D eigenvalue weighted by atomic mass is 15.2. The van der Waals surface area contributed by atoms with Crippen LogP contribution in [0.1, 0.15) is 78.6 Å². The molecule has 0 aromatic rings. The largest absolute Gasteiger partial charge is 0.316 e. The zero-order chi connectivity index (χ0) is 15.1. The van der Waals surface area contributed by atoms with Crippen molar-refractivity contribution in [2.24, 2.45) is 11.3 Å². The van der Waals surface area contributed by atoms with Gasteiger partial charge in [0, 0.05) is 19.1 Å². The minimum absolute atomic E-state index is 0.582. The van der Waals surface area contributed by atoms with Gasteiger partial charge in [0.25, 0.3) is 0 Å². The molecule has 1 unspecified atom stereocenters. The summed E-state index contributed by atoms with van der Waals surface area (Å²) < 4.78 is 0. The van der Waals surface area contributed by atoms with Gasteiger partial charge in [0.2, 0.25) is 0 Å². The van der Waals surface area contributed by atoms with Gasteiger partial charge in [-0.05, 0) is 56.5 Å². The van der Waals surface area contributed by atoms with Crippen LogP contribution in [0.4, 0.5) is 0 Å². The first-order chi connectivity index (χ1) is 10.2. The molecule has 1 atom stereocenters. The van der Waals surface area contributed by atoms with E-state index in [1.165, 1.54) is 84.0 Å². The van der Waals surface area contributed by atoms with Gasteiger partial charge >= 0.3 is 0 Å². The molecule has 0 bridgehead atoms. The number of nitrogens with zero attached hydrogens (tertiary/aromatic N) is 1. The third kappa shape index (κ3) is 5.25. The summed E-state index contributed by atoms with van der Waals surface area (Å²) in [4.78, 5) is 2.87. The predicted molar refractivity (Wildman–Crippen MR) is 92.7 cm³/mol. The van der Waals surface area contributed by atoms with Crippen LogP contribution in [0.2, 0.25) is 0 Å². The van der Waals surface area contributed by atoms with Crippen LogP contribution >= 0.6 is 0 Å². The van der Waals surface area contributed by atoms with Gasteiger partial charge in [-0.25, -0.2) is 0 Å². The highest BCUT2D eigenvalue weighted by Gasteiger charge is 2.37. The summed E-state index contributed by atoms with van der Waals surface area (Å²) >= 11 is 0. The number of likely N-dealkylation sites (tertiary alicyclic amines) is 1. The van der Waals surface area contributed by atoms with Crippen LogP contribution in [-0.4, -0.2) is 37.1 Å². The van der Waals surface area contributed by atoms with Crippen molar-refractivity contribution in [2.75, 3.05) is 26.2 Å². The molecule has 0 radical (unpaired) electrons. The lowest BCUT2D eigenvalue weighted by molar-refractivity contribution is 0.0758. The molecule has 1 saturated carbocycles. The molecule has 21 heavy (non-hydrogen) atoms. The summed E-state index contributed by atoms with van der Waals surface area (Å²) in [5.74, 6) is 0.770. The van der Waals surface area contributed by atoms with Crippen molar-refractivity contribution < 1.29 is 0 Å². The minimum atomic E-state index is 0.582. The smallest absolute Gasteiger partial charge is 0.00954 e. The second-order valence-corrected chi connectivity index (χ2v) is 8.14. The third-order valence-corrected chi connectivity index (χ3v) is 5.63. The van der Waals surface area contributed by atoms with Crippen molar-refractivity contribution in [3.63, 3.8) is 0 Å². The molecule has 0 aromatic heterocycles. The fraction of sp³-hybridized carbons (Fsp3) is 1.00. The maximum Gasteiger partial charge on any atom is 0.00954 e. The van der Waals surface area contributed by atoms with Crippen LogP contribution in [0.25, 0.3) is 0 Å². The van der Waals surface area contributed by atoms with E-state index in [9.17, 15) is 0 Å². The van der Waals surface area contributed by atoms with Crippen LogP contribution < -0.4 is 5.32 Å². The molecule has 0 aromatic carbocycles. The Balaban J connectivity index is 1.90. The second kappa shape index (κ2) is 8.53. The molecule has 1 aliphatic carbocycles. The molecular weight excluding hydrogens is 256 g/mol. The van der Waals surface area contributed by atoms with Crippen LogP contribution in [0.3, 0.4) is 0 Å². The highest BCUT2D eigenvalue weighted by molar-refractivity contribution is 4.92. The highest BCUT2D eigenvalue weighted by Crippen LogP contribution is 2.39. The zero-order valence-corrected chi connectivity index (χ0v) is 14.8. The molecule has 1 N–H and O–H groups in total. The Labute approximate surface area is 133 Å². The van der Waals surface area contributed by atoms with Crippen molar-refractivity contribution in [1.82, 2.24) is 10.2 Å². The molecule has 2 nitrogen and oxygen atoms in total.